The van der Waals surface area contributed by atoms with Crippen LogP contribution in [0.15, 0.2) is 72.9 Å². The van der Waals surface area contributed by atoms with Crippen molar-refractivity contribution in [2.45, 2.75) is 380 Å². The second-order valence-electron chi connectivity index (χ2n) is 29.5. The van der Waals surface area contributed by atoms with Crippen LogP contribution in [0.2, 0.25) is 0 Å². The van der Waals surface area contributed by atoms with E-state index in [1.807, 2.05) is 21.6 Å². The van der Waals surface area contributed by atoms with Gasteiger partial charge in [-0.1, -0.05) is 289 Å². The monoisotopic (exact) mass is 1430 g/mol. The third kappa shape index (κ3) is 70.4. The summed E-state index contributed by atoms with van der Waals surface area (Å²) in [5.41, 5.74) is 0. The number of hydrogen-bond donors (Lipinski definition) is 4. The second kappa shape index (κ2) is 77.4. The SMILES string of the molecule is CCCCC/C=C\C/C=C\CCCCCCC(O)CN(CCCC(=O)OCCN1CCN(CCSSCCCN(CC(O)CCCCCC/C=C\CCCCCCCC)CC(O)CCCCCC/C=C\CCCCCCCC)CC1)CC(O)CCCCCC/C=C\C/C=C\CCCCC. The number of carbonyl (C=O) groups excluding carboxylic acids is 1. The highest BCUT2D eigenvalue weighted by Gasteiger charge is 2.20. The van der Waals surface area contributed by atoms with Gasteiger partial charge in [0.1, 0.15) is 6.61 Å². The Labute approximate surface area is 622 Å². The van der Waals surface area contributed by atoms with Crippen molar-refractivity contribution >= 4 is 27.6 Å². The first-order valence-corrected chi connectivity index (χ1v) is 45.1. The molecule has 99 heavy (non-hydrogen) atoms. The number of allylic oxidation sites excluding steroid dienone is 12. The van der Waals surface area contributed by atoms with E-state index in [4.69, 9.17) is 4.74 Å². The fourth-order valence-corrected chi connectivity index (χ4v) is 15.4. The summed E-state index contributed by atoms with van der Waals surface area (Å²) in [5.74, 6) is 2.01. The first-order valence-electron chi connectivity index (χ1n) is 42.6. The Balaban J connectivity index is 2.49. The molecule has 4 N–H and O–H groups in total. The molecular formula is C87H164N4O6S2. The summed E-state index contributed by atoms with van der Waals surface area (Å²) in [6.45, 7) is 19.3. The molecule has 0 saturated carbocycles. The molecule has 0 amide bonds. The number of nitrogens with zero attached hydrogens (tertiary/aromatic N) is 4. The molecule has 4 unspecified atom stereocenters. The molecule has 0 aromatic carbocycles. The van der Waals surface area contributed by atoms with Gasteiger partial charge in [-0.25, -0.2) is 0 Å². The first-order chi connectivity index (χ1) is 48.7. The van der Waals surface area contributed by atoms with Gasteiger partial charge < -0.3 is 25.2 Å². The predicted octanol–water partition coefficient (Wildman–Crippen LogP) is 22.9. The Morgan fingerprint density at radius 1 is 0.343 bits per heavy atom. The maximum absolute atomic E-state index is 13.0. The zero-order valence-electron chi connectivity index (χ0n) is 65.6. The average molecular weight is 1430 g/mol. The highest BCUT2D eigenvalue weighted by atomic mass is 33.1. The zero-order chi connectivity index (χ0) is 71.5. The van der Waals surface area contributed by atoms with Gasteiger partial charge in [-0.15, -0.1) is 0 Å². The summed E-state index contributed by atoms with van der Waals surface area (Å²) >= 11 is 0. The lowest BCUT2D eigenvalue weighted by atomic mass is 10.1. The van der Waals surface area contributed by atoms with Crippen molar-refractivity contribution in [2.24, 2.45) is 0 Å². The predicted molar refractivity (Wildman–Crippen MR) is 439 cm³/mol. The molecule has 0 aliphatic carbocycles. The molecule has 1 fully saturated rings. The lowest BCUT2D eigenvalue weighted by Crippen LogP contribution is -2.47. The summed E-state index contributed by atoms with van der Waals surface area (Å²) in [6.07, 6.45) is 85.7. The van der Waals surface area contributed by atoms with Crippen LogP contribution in [0, 0.1) is 0 Å². The minimum absolute atomic E-state index is 0.156. The largest absolute Gasteiger partial charge is 0.464 e. The number of hydrogen-bond acceptors (Lipinski definition) is 12. The molecule has 0 bridgehead atoms. The number of unbranched alkanes of at least 4 members (excludes halogenated alkanes) is 34. The summed E-state index contributed by atoms with van der Waals surface area (Å²) < 4.78 is 5.78. The van der Waals surface area contributed by atoms with Crippen LogP contribution in [-0.2, 0) is 9.53 Å². The van der Waals surface area contributed by atoms with E-state index in [-0.39, 0.29) is 18.2 Å². The average Bonchev–Trinajstić information content (AvgIpc) is 1.94. The number of ether oxygens (including phenoxy) is 1. The van der Waals surface area contributed by atoms with Crippen molar-refractivity contribution < 1.29 is 30.0 Å². The van der Waals surface area contributed by atoms with Gasteiger partial charge in [0.25, 0.3) is 0 Å². The third-order valence-corrected chi connectivity index (χ3v) is 22.2. The number of piperazine rings is 1. The van der Waals surface area contributed by atoms with Gasteiger partial charge >= 0.3 is 5.97 Å². The normalized spacial score (nSPS) is 15.0. The number of carbonyl (C=O) groups is 1. The quantitative estimate of drug-likeness (QED) is 0.0201. The van der Waals surface area contributed by atoms with E-state index >= 15 is 0 Å². The maximum Gasteiger partial charge on any atom is 0.305 e. The van der Waals surface area contributed by atoms with Crippen LogP contribution in [-0.4, -0.2) is 167 Å². The minimum atomic E-state index is -0.443. The Bertz CT molecular complexity index is 1750. The molecule has 580 valence electrons. The third-order valence-electron chi connectivity index (χ3n) is 19.7. The summed E-state index contributed by atoms with van der Waals surface area (Å²) in [5, 5.41) is 44.8. The molecule has 0 radical (unpaired) electrons. The van der Waals surface area contributed by atoms with Gasteiger partial charge in [-0.05, 0) is 167 Å². The van der Waals surface area contributed by atoms with E-state index < -0.39 is 12.2 Å². The van der Waals surface area contributed by atoms with Crippen molar-refractivity contribution in [1.29, 1.82) is 0 Å². The van der Waals surface area contributed by atoms with Crippen LogP contribution in [0.25, 0.3) is 0 Å². The molecule has 10 nitrogen and oxygen atoms in total. The van der Waals surface area contributed by atoms with E-state index in [1.165, 1.54) is 218 Å². The van der Waals surface area contributed by atoms with Gasteiger partial charge in [-0.3, -0.25) is 24.4 Å². The Morgan fingerprint density at radius 2 is 0.616 bits per heavy atom. The molecule has 0 spiro atoms. The highest BCUT2D eigenvalue weighted by molar-refractivity contribution is 8.76. The molecule has 1 aliphatic rings. The number of aliphatic hydroxyl groups is 4. The first kappa shape index (κ1) is 95.3. The molecule has 1 heterocycles. The summed E-state index contributed by atoms with van der Waals surface area (Å²) in [6, 6.07) is 0. The van der Waals surface area contributed by atoms with Gasteiger partial charge in [0, 0.05) is 83.4 Å². The van der Waals surface area contributed by atoms with E-state index in [1.54, 1.807) is 0 Å². The molecule has 0 aromatic heterocycles. The van der Waals surface area contributed by atoms with Crippen molar-refractivity contribution in [3.8, 4) is 0 Å². The van der Waals surface area contributed by atoms with E-state index in [9.17, 15) is 25.2 Å². The molecule has 1 rings (SSSR count). The van der Waals surface area contributed by atoms with Crippen LogP contribution in [0.1, 0.15) is 355 Å². The van der Waals surface area contributed by atoms with Gasteiger partial charge in [0.2, 0.25) is 0 Å². The molecule has 1 saturated heterocycles. The Kier molecular flexibility index (Phi) is 74.5. The van der Waals surface area contributed by atoms with Gasteiger partial charge in [-0.2, -0.15) is 0 Å². The lowest BCUT2D eigenvalue weighted by Gasteiger charge is -2.34. The standard InChI is InChI=1S/C87H164N4O6S2/c1-5-9-13-17-21-25-29-33-37-41-45-49-53-57-63-83(92)79-90(80-84(93)64-58-54-50-46-42-38-34-30-26-22-18-14-10-6-2)68-61-67-87(96)97-76-74-88-70-72-89(73-71-88)75-78-99-98-77-62-69-91(81-85(94)65-59-55-51-47-43-39-35-31-27-23-19-15-11-7-3)82-86(95)66-60-56-52-48-44-40-36-32-28-24-20-16-12-8-4/h21-22,25-26,33-40,83-86,92-95H,5-20,23-24,27-32,41-82H2,1-4H3/b25-21-,26-22-,37-33-,38-34-,39-35-,40-36-. The van der Waals surface area contributed by atoms with Crippen molar-refractivity contribution in [3.05, 3.63) is 72.9 Å². The van der Waals surface area contributed by atoms with Crippen LogP contribution < -0.4 is 0 Å². The zero-order valence-corrected chi connectivity index (χ0v) is 67.3. The Morgan fingerprint density at radius 3 is 0.970 bits per heavy atom. The molecule has 1 aliphatic heterocycles. The Hall–Kier alpha value is -1.71. The molecule has 4 atom stereocenters. The molecule has 0 aromatic rings. The smallest absolute Gasteiger partial charge is 0.305 e. The lowest BCUT2D eigenvalue weighted by molar-refractivity contribution is -0.144. The molecular weight excluding hydrogens is 1260 g/mol. The van der Waals surface area contributed by atoms with Crippen LogP contribution >= 0.6 is 21.6 Å². The fourth-order valence-electron chi connectivity index (χ4n) is 13.3. The van der Waals surface area contributed by atoms with E-state index in [0.717, 1.165) is 154 Å². The van der Waals surface area contributed by atoms with Crippen LogP contribution in [0.4, 0.5) is 0 Å². The van der Waals surface area contributed by atoms with E-state index in [0.29, 0.717) is 52.2 Å². The van der Waals surface area contributed by atoms with Gasteiger partial charge in [0.05, 0.1) is 24.4 Å². The molecule has 12 heteroatoms. The topological polar surface area (TPSA) is 120 Å². The number of aliphatic hydroxyl groups excluding tert-OH is 4. The summed E-state index contributed by atoms with van der Waals surface area (Å²) in [7, 11) is 3.94. The van der Waals surface area contributed by atoms with Gasteiger partial charge in [0.15, 0.2) is 0 Å². The minimum Gasteiger partial charge on any atom is -0.464 e. The van der Waals surface area contributed by atoms with Crippen molar-refractivity contribution in [2.75, 3.05) is 96.6 Å². The maximum atomic E-state index is 13.0. The summed E-state index contributed by atoms with van der Waals surface area (Å²) in [4.78, 5) is 22.6. The fraction of sp³-hybridized carbons (Fsp3) is 0.851. The van der Waals surface area contributed by atoms with Crippen LogP contribution in [0.5, 0.6) is 0 Å². The van der Waals surface area contributed by atoms with Crippen molar-refractivity contribution in [3.63, 3.8) is 0 Å². The van der Waals surface area contributed by atoms with Crippen molar-refractivity contribution in [1.82, 2.24) is 19.6 Å². The van der Waals surface area contributed by atoms with E-state index in [2.05, 4.69) is 120 Å². The second-order valence-corrected chi connectivity index (χ2v) is 32.2. The highest BCUT2D eigenvalue weighted by Crippen LogP contribution is 2.23. The number of rotatable bonds is 77. The van der Waals surface area contributed by atoms with Crippen LogP contribution in [0.3, 0.4) is 0 Å². The number of esters is 1.